The summed E-state index contributed by atoms with van der Waals surface area (Å²) in [6, 6.07) is 1.98. The molecule has 102 valence electrons. The monoisotopic (exact) mass is 290 g/mol. The summed E-state index contributed by atoms with van der Waals surface area (Å²) in [7, 11) is 0. The molecule has 7 heteroatoms. The van der Waals surface area contributed by atoms with Gasteiger partial charge < -0.3 is 5.73 Å². The van der Waals surface area contributed by atoms with Crippen LogP contribution in [-0.2, 0) is 6.18 Å². The highest BCUT2D eigenvalue weighted by Crippen LogP contribution is 2.35. The molecule has 2 nitrogen and oxygen atoms in total. The maximum Gasteiger partial charge on any atom is 0.416 e. The molecule has 1 heterocycles. The molecular formula is C12H10F4N2S. The molecule has 1 aromatic heterocycles. The second-order valence-corrected chi connectivity index (χ2v) is 5.11. The third kappa shape index (κ3) is 2.93. The van der Waals surface area contributed by atoms with E-state index in [-0.39, 0.29) is 16.6 Å². The Balaban J connectivity index is 2.48. The van der Waals surface area contributed by atoms with Crippen molar-refractivity contribution in [3.63, 3.8) is 0 Å². The first-order valence-corrected chi connectivity index (χ1v) is 6.19. The summed E-state index contributed by atoms with van der Waals surface area (Å²) < 4.78 is 51.4. The fourth-order valence-corrected chi connectivity index (χ4v) is 2.37. The van der Waals surface area contributed by atoms with Gasteiger partial charge in [-0.3, -0.25) is 0 Å². The molecule has 1 aromatic carbocycles. The van der Waals surface area contributed by atoms with E-state index < -0.39 is 17.6 Å². The lowest BCUT2D eigenvalue weighted by molar-refractivity contribution is -0.137. The SMILES string of the molecule is CC(N)c1cnc(-c2cc(C(F)(F)F)ccc2F)s1. The number of thiazole rings is 1. The van der Waals surface area contributed by atoms with Crippen molar-refractivity contribution in [3.8, 4) is 10.6 Å². The zero-order valence-corrected chi connectivity index (χ0v) is 10.6. The van der Waals surface area contributed by atoms with Gasteiger partial charge in [0.15, 0.2) is 0 Å². The molecule has 0 aliphatic carbocycles. The van der Waals surface area contributed by atoms with E-state index >= 15 is 0 Å². The van der Waals surface area contributed by atoms with Gasteiger partial charge >= 0.3 is 6.18 Å². The van der Waals surface area contributed by atoms with Crippen molar-refractivity contribution in [2.45, 2.75) is 19.1 Å². The molecule has 0 fully saturated rings. The number of hydrogen-bond acceptors (Lipinski definition) is 3. The number of halogens is 4. The molecule has 0 aliphatic heterocycles. The van der Waals surface area contributed by atoms with E-state index in [0.717, 1.165) is 23.5 Å². The maximum absolute atomic E-state index is 13.6. The average molecular weight is 290 g/mol. The van der Waals surface area contributed by atoms with Crippen molar-refractivity contribution in [2.75, 3.05) is 0 Å². The van der Waals surface area contributed by atoms with E-state index in [1.807, 2.05) is 0 Å². The number of alkyl halides is 3. The first-order chi connectivity index (χ1) is 8.79. The van der Waals surface area contributed by atoms with Gasteiger partial charge in [0.05, 0.1) is 5.56 Å². The van der Waals surface area contributed by atoms with Gasteiger partial charge in [-0.15, -0.1) is 11.3 Å². The quantitative estimate of drug-likeness (QED) is 0.849. The molecule has 0 saturated carbocycles. The maximum atomic E-state index is 13.6. The number of aromatic nitrogens is 1. The van der Waals surface area contributed by atoms with Gasteiger partial charge in [-0.25, -0.2) is 9.37 Å². The van der Waals surface area contributed by atoms with E-state index in [1.54, 1.807) is 6.92 Å². The van der Waals surface area contributed by atoms with Crippen molar-refractivity contribution in [1.82, 2.24) is 4.98 Å². The van der Waals surface area contributed by atoms with Crippen LogP contribution in [0.5, 0.6) is 0 Å². The minimum atomic E-state index is -4.51. The normalized spacial score (nSPS) is 13.6. The topological polar surface area (TPSA) is 38.9 Å². The number of benzene rings is 1. The third-order valence-corrected chi connectivity index (χ3v) is 3.73. The molecule has 0 bridgehead atoms. The number of hydrogen-bond donors (Lipinski definition) is 1. The van der Waals surface area contributed by atoms with Crippen molar-refractivity contribution in [1.29, 1.82) is 0 Å². The minimum absolute atomic E-state index is 0.160. The molecule has 0 amide bonds. The average Bonchev–Trinajstić information content (AvgIpc) is 2.77. The van der Waals surface area contributed by atoms with Gasteiger partial charge in [0.2, 0.25) is 0 Å². The molecule has 0 spiro atoms. The second kappa shape index (κ2) is 4.90. The van der Waals surface area contributed by atoms with Crippen LogP contribution in [0, 0.1) is 5.82 Å². The van der Waals surface area contributed by atoms with Crippen LogP contribution < -0.4 is 5.73 Å². The molecule has 2 rings (SSSR count). The predicted molar refractivity (Wildman–Crippen MR) is 65.1 cm³/mol. The lowest BCUT2D eigenvalue weighted by Gasteiger charge is -2.08. The highest BCUT2D eigenvalue weighted by Gasteiger charge is 2.31. The van der Waals surface area contributed by atoms with E-state index in [9.17, 15) is 17.6 Å². The predicted octanol–water partition coefficient (Wildman–Crippen LogP) is 3.99. The fraction of sp³-hybridized carbons (Fsp3) is 0.250. The van der Waals surface area contributed by atoms with Gasteiger partial charge in [-0.1, -0.05) is 0 Å². The smallest absolute Gasteiger partial charge is 0.323 e. The zero-order chi connectivity index (χ0) is 14.2. The number of rotatable bonds is 2. The summed E-state index contributed by atoms with van der Waals surface area (Å²) in [6.07, 6.45) is -3.06. The summed E-state index contributed by atoms with van der Waals surface area (Å²) in [4.78, 5) is 4.61. The standard InChI is InChI=1S/C12H10F4N2S/c1-6(17)10-5-18-11(19-10)8-4-7(12(14,15)16)2-3-9(8)13/h2-6H,17H2,1H3. The number of nitrogens with two attached hydrogens (primary N) is 1. The summed E-state index contributed by atoms with van der Waals surface area (Å²) in [6.45, 7) is 1.72. The van der Waals surface area contributed by atoms with E-state index in [4.69, 9.17) is 5.73 Å². The molecule has 2 N–H and O–H groups in total. The Morgan fingerprint density at radius 1 is 1.32 bits per heavy atom. The Bertz CT molecular complexity index is 590. The first kappa shape index (κ1) is 14.0. The van der Waals surface area contributed by atoms with Gasteiger partial charge in [0.25, 0.3) is 0 Å². The van der Waals surface area contributed by atoms with Crippen molar-refractivity contribution < 1.29 is 17.6 Å². The summed E-state index contributed by atoms with van der Waals surface area (Å²) in [5, 5.41) is 0.191. The Kier molecular flexibility index (Phi) is 3.60. The van der Waals surface area contributed by atoms with E-state index in [0.29, 0.717) is 10.9 Å². The molecule has 19 heavy (non-hydrogen) atoms. The molecule has 0 radical (unpaired) electrons. The molecule has 1 unspecified atom stereocenters. The highest BCUT2D eigenvalue weighted by atomic mass is 32.1. The zero-order valence-electron chi connectivity index (χ0n) is 9.83. The van der Waals surface area contributed by atoms with Crippen LogP contribution in [0.1, 0.15) is 23.4 Å². The van der Waals surface area contributed by atoms with Crippen LogP contribution in [0.4, 0.5) is 17.6 Å². The number of nitrogens with zero attached hydrogens (tertiary/aromatic N) is 1. The van der Waals surface area contributed by atoms with Crippen LogP contribution in [0.2, 0.25) is 0 Å². The van der Waals surface area contributed by atoms with Crippen LogP contribution in [0.3, 0.4) is 0 Å². The molecule has 2 aromatic rings. The fourth-order valence-electron chi connectivity index (χ4n) is 1.49. The first-order valence-electron chi connectivity index (χ1n) is 5.37. The molecule has 1 atom stereocenters. The third-order valence-electron chi connectivity index (χ3n) is 2.50. The van der Waals surface area contributed by atoms with Gasteiger partial charge in [-0.05, 0) is 25.1 Å². The lowest BCUT2D eigenvalue weighted by atomic mass is 10.1. The van der Waals surface area contributed by atoms with E-state index in [2.05, 4.69) is 4.98 Å². The highest BCUT2D eigenvalue weighted by molar-refractivity contribution is 7.15. The van der Waals surface area contributed by atoms with Crippen LogP contribution in [0.15, 0.2) is 24.4 Å². The van der Waals surface area contributed by atoms with Crippen molar-refractivity contribution >= 4 is 11.3 Å². The molecule has 0 aliphatic rings. The summed E-state index contributed by atoms with van der Waals surface area (Å²) in [5.74, 6) is -0.737. The minimum Gasteiger partial charge on any atom is -0.323 e. The molecular weight excluding hydrogens is 280 g/mol. The van der Waals surface area contributed by atoms with Crippen molar-refractivity contribution in [3.05, 3.63) is 40.7 Å². The van der Waals surface area contributed by atoms with Gasteiger partial charge in [0.1, 0.15) is 10.8 Å². The summed E-state index contributed by atoms with van der Waals surface area (Å²) in [5.41, 5.74) is 4.58. The lowest BCUT2D eigenvalue weighted by Crippen LogP contribution is -2.05. The Hall–Kier alpha value is -1.47. The Morgan fingerprint density at radius 3 is 2.53 bits per heavy atom. The van der Waals surface area contributed by atoms with E-state index in [1.165, 1.54) is 6.20 Å². The van der Waals surface area contributed by atoms with Crippen LogP contribution >= 0.6 is 11.3 Å². The van der Waals surface area contributed by atoms with Crippen molar-refractivity contribution in [2.24, 2.45) is 5.73 Å². The van der Waals surface area contributed by atoms with Gasteiger partial charge in [-0.2, -0.15) is 13.2 Å². The second-order valence-electron chi connectivity index (χ2n) is 4.05. The Labute approximate surface area is 110 Å². The van der Waals surface area contributed by atoms with Crippen LogP contribution in [-0.4, -0.2) is 4.98 Å². The van der Waals surface area contributed by atoms with Crippen LogP contribution in [0.25, 0.3) is 10.6 Å². The summed E-state index contributed by atoms with van der Waals surface area (Å²) >= 11 is 1.08. The Morgan fingerprint density at radius 2 is 2.00 bits per heavy atom. The molecule has 0 saturated heterocycles. The van der Waals surface area contributed by atoms with Gasteiger partial charge in [0, 0.05) is 22.7 Å². The largest absolute Gasteiger partial charge is 0.416 e.